The van der Waals surface area contributed by atoms with Crippen molar-refractivity contribution in [3.63, 3.8) is 0 Å². The van der Waals surface area contributed by atoms with E-state index in [4.69, 9.17) is 4.74 Å². The average Bonchev–Trinajstić information content (AvgIpc) is 2.33. The van der Waals surface area contributed by atoms with E-state index in [0.29, 0.717) is 6.10 Å². The fourth-order valence-electron chi connectivity index (χ4n) is 1.49. The molecule has 0 aliphatic heterocycles. The van der Waals surface area contributed by atoms with Crippen molar-refractivity contribution >= 4 is 15.9 Å². The topological polar surface area (TPSA) is 9.23 Å². The van der Waals surface area contributed by atoms with Gasteiger partial charge in [-0.25, -0.2) is 0 Å². The second-order valence-corrected chi connectivity index (χ2v) is 3.27. The molecule has 1 saturated carbocycles. The highest BCUT2D eigenvalue weighted by molar-refractivity contribution is 9.09. The molecule has 1 aliphatic carbocycles. The number of alkyl halides is 1. The van der Waals surface area contributed by atoms with Crippen LogP contribution in [0, 0.1) is 5.92 Å². The van der Waals surface area contributed by atoms with Crippen molar-refractivity contribution in [2.24, 2.45) is 5.92 Å². The lowest BCUT2D eigenvalue weighted by atomic mass is 10.1. The molecule has 0 aromatic carbocycles. The summed E-state index contributed by atoms with van der Waals surface area (Å²) in [7, 11) is 1.81. The maximum atomic E-state index is 5.28. The number of ether oxygens (including phenoxy) is 1. The second kappa shape index (κ2) is 3.57. The minimum absolute atomic E-state index is 0.532. The molecule has 1 rings (SSSR count). The average molecular weight is 193 g/mol. The van der Waals surface area contributed by atoms with Crippen LogP contribution in [0.1, 0.15) is 19.3 Å². The quantitative estimate of drug-likeness (QED) is 0.611. The molecule has 9 heavy (non-hydrogen) atoms. The zero-order chi connectivity index (χ0) is 6.69. The van der Waals surface area contributed by atoms with Crippen molar-refractivity contribution in [2.75, 3.05) is 12.4 Å². The third-order valence-corrected chi connectivity index (χ3v) is 2.92. The van der Waals surface area contributed by atoms with Gasteiger partial charge in [0.1, 0.15) is 0 Å². The van der Waals surface area contributed by atoms with Crippen LogP contribution in [0.5, 0.6) is 0 Å². The lowest BCUT2D eigenvalue weighted by Gasteiger charge is -2.14. The molecule has 2 heteroatoms. The summed E-state index contributed by atoms with van der Waals surface area (Å²) in [5, 5.41) is 1.10. The summed E-state index contributed by atoms with van der Waals surface area (Å²) in [5.41, 5.74) is 0. The van der Waals surface area contributed by atoms with Gasteiger partial charge in [-0.1, -0.05) is 22.4 Å². The monoisotopic (exact) mass is 192 g/mol. The Morgan fingerprint density at radius 2 is 2.33 bits per heavy atom. The third-order valence-electron chi connectivity index (χ3n) is 2.09. The summed E-state index contributed by atoms with van der Waals surface area (Å²) in [6, 6.07) is 0. The molecule has 1 fully saturated rings. The van der Waals surface area contributed by atoms with E-state index in [-0.39, 0.29) is 0 Å². The zero-order valence-electron chi connectivity index (χ0n) is 5.77. The predicted octanol–water partition coefficient (Wildman–Crippen LogP) is 2.20. The van der Waals surface area contributed by atoms with Crippen molar-refractivity contribution < 1.29 is 4.74 Å². The lowest BCUT2D eigenvalue weighted by molar-refractivity contribution is 0.0794. The molecule has 1 aliphatic rings. The van der Waals surface area contributed by atoms with Crippen LogP contribution in [-0.2, 0) is 4.74 Å². The van der Waals surface area contributed by atoms with Crippen LogP contribution in [0.4, 0.5) is 0 Å². The summed E-state index contributed by atoms with van der Waals surface area (Å²) in [6.45, 7) is 0. The molecular formula is C7H13BrO. The number of halogens is 1. The first kappa shape index (κ1) is 7.55. The first-order chi connectivity index (χ1) is 4.38. The number of rotatable bonds is 2. The van der Waals surface area contributed by atoms with Crippen LogP contribution in [0.2, 0.25) is 0 Å². The SMILES string of the molecule is COC1CCCC1CBr. The smallest absolute Gasteiger partial charge is 0.0607 e. The van der Waals surface area contributed by atoms with Crippen LogP contribution in [0.3, 0.4) is 0 Å². The van der Waals surface area contributed by atoms with Gasteiger partial charge in [0, 0.05) is 12.4 Å². The first-order valence-electron chi connectivity index (χ1n) is 3.47. The molecular weight excluding hydrogens is 180 g/mol. The van der Waals surface area contributed by atoms with Crippen molar-refractivity contribution in [3.8, 4) is 0 Å². The molecule has 2 unspecified atom stereocenters. The summed E-state index contributed by atoms with van der Waals surface area (Å²) in [4.78, 5) is 0. The van der Waals surface area contributed by atoms with Crippen molar-refractivity contribution in [2.45, 2.75) is 25.4 Å². The molecule has 54 valence electrons. The van der Waals surface area contributed by atoms with E-state index in [0.717, 1.165) is 11.2 Å². The second-order valence-electron chi connectivity index (χ2n) is 2.62. The van der Waals surface area contributed by atoms with E-state index in [9.17, 15) is 0 Å². The van der Waals surface area contributed by atoms with Gasteiger partial charge in [-0.05, 0) is 18.8 Å². The van der Waals surface area contributed by atoms with Gasteiger partial charge in [0.15, 0.2) is 0 Å². The van der Waals surface area contributed by atoms with Crippen LogP contribution in [0.25, 0.3) is 0 Å². The zero-order valence-corrected chi connectivity index (χ0v) is 7.36. The molecule has 0 bridgehead atoms. The standard InChI is InChI=1S/C7H13BrO/c1-9-7-4-2-3-6(7)5-8/h6-7H,2-5H2,1H3. The fourth-order valence-corrected chi connectivity index (χ4v) is 2.23. The Hall–Kier alpha value is 0.440. The Balaban J connectivity index is 2.32. The Labute approximate surface area is 64.9 Å². The van der Waals surface area contributed by atoms with E-state index in [1.54, 1.807) is 0 Å². The molecule has 0 aromatic rings. The molecule has 0 N–H and O–H groups in total. The number of methoxy groups -OCH3 is 1. The summed E-state index contributed by atoms with van der Waals surface area (Å²) in [5.74, 6) is 0.773. The number of hydrogen-bond acceptors (Lipinski definition) is 1. The van der Waals surface area contributed by atoms with Crippen LogP contribution in [0.15, 0.2) is 0 Å². The van der Waals surface area contributed by atoms with Crippen molar-refractivity contribution in [1.29, 1.82) is 0 Å². The molecule has 0 amide bonds. The van der Waals surface area contributed by atoms with Gasteiger partial charge in [-0.3, -0.25) is 0 Å². The molecule has 0 saturated heterocycles. The van der Waals surface area contributed by atoms with E-state index in [1.165, 1.54) is 19.3 Å². The van der Waals surface area contributed by atoms with Gasteiger partial charge in [0.2, 0.25) is 0 Å². The summed E-state index contributed by atoms with van der Waals surface area (Å²) < 4.78 is 5.28. The molecule has 2 atom stereocenters. The Morgan fingerprint density at radius 1 is 1.56 bits per heavy atom. The lowest BCUT2D eigenvalue weighted by Crippen LogP contribution is -2.16. The van der Waals surface area contributed by atoms with Crippen LogP contribution < -0.4 is 0 Å². The summed E-state index contributed by atoms with van der Waals surface area (Å²) in [6.07, 6.45) is 4.47. The number of hydrogen-bond donors (Lipinski definition) is 0. The Bertz CT molecular complexity index is 75.0. The predicted molar refractivity (Wildman–Crippen MR) is 41.9 cm³/mol. The highest BCUT2D eigenvalue weighted by Gasteiger charge is 2.25. The van der Waals surface area contributed by atoms with Crippen molar-refractivity contribution in [3.05, 3.63) is 0 Å². The third kappa shape index (κ3) is 1.68. The molecule has 0 heterocycles. The minimum Gasteiger partial charge on any atom is -0.381 e. The van der Waals surface area contributed by atoms with Crippen molar-refractivity contribution in [1.82, 2.24) is 0 Å². The molecule has 0 radical (unpaired) electrons. The van der Waals surface area contributed by atoms with Crippen LogP contribution in [-0.4, -0.2) is 18.5 Å². The maximum absolute atomic E-state index is 5.28. The van der Waals surface area contributed by atoms with Gasteiger partial charge in [0.25, 0.3) is 0 Å². The van der Waals surface area contributed by atoms with Gasteiger partial charge in [0.05, 0.1) is 6.10 Å². The van der Waals surface area contributed by atoms with Gasteiger partial charge >= 0.3 is 0 Å². The van der Waals surface area contributed by atoms with E-state index < -0.39 is 0 Å². The van der Waals surface area contributed by atoms with Gasteiger partial charge in [-0.2, -0.15) is 0 Å². The fraction of sp³-hybridized carbons (Fsp3) is 1.00. The van der Waals surface area contributed by atoms with Gasteiger partial charge < -0.3 is 4.74 Å². The first-order valence-corrected chi connectivity index (χ1v) is 4.59. The minimum atomic E-state index is 0.532. The van der Waals surface area contributed by atoms with Crippen LogP contribution >= 0.6 is 15.9 Å². The Morgan fingerprint density at radius 3 is 2.78 bits per heavy atom. The maximum Gasteiger partial charge on any atom is 0.0607 e. The molecule has 0 aromatic heterocycles. The molecule has 0 spiro atoms. The highest BCUT2D eigenvalue weighted by atomic mass is 79.9. The van der Waals surface area contributed by atoms with E-state index >= 15 is 0 Å². The molecule has 1 nitrogen and oxygen atoms in total. The van der Waals surface area contributed by atoms with Gasteiger partial charge in [-0.15, -0.1) is 0 Å². The van der Waals surface area contributed by atoms with E-state index in [1.807, 2.05) is 7.11 Å². The highest BCUT2D eigenvalue weighted by Crippen LogP contribution is 2.28. The Kier molecular flexibility index (Phi) is 2.99. The largest absolute Gasteiger partial charge is 0.381 e. The summed E-state index contributed by atoms with van der Waals surface area (Å²) >= 11 is 3.48. The van der Waals surface area contributed by atoms with E-state index in [2.05, 4.69) is 15.9 Å². The normalized spacial score (nSPS) is 35.3.